The van der Waals surface area contributed by atoms with E-state index >= 15 is 0 Å². The van der Waals surface area contributed by atoms with Gasteiger partial charge in [0.2, 0.25) is 0 Å². The molecule has 2 aromatic carbocycles. The third kappa shape index (κ3) is 4.46. The van der Waals surface area contributed by atoms with E-state index in [9.17, 15) is 9.59 Å². The highest BCUT2D eigenvalue weighted by molar-refractivity contribution is 6.30. The topological polar surface area (TPSA) is 73.5 Å². The highest BCUT2D eigenvalue weighted by atomic mass is 35.5. The van der Waals surface area contributed by atoms with E-state index in [0.29, 0.717) is 29.4 Å². The second-order valence-electron chi connectivity index (χ2n) is 7.23. The van der Waals surface area contributed by atoms with Crippen molar-refractivity contribution < 1.29 is 9.59 Å². The Balaban J connectivity index is 1.51. The van der Waals surface area contributed by atoms with Crippen LogP contribution in [0, 0.1) is 0 Å². The summed E-state index contributed by atoms with van der Waals surface area (Å²) >= 11 is 6.15. The summed E-state index contributed by atoms with van der Waals surface area (Å²) in [4.78, 5) is 27.1. The predicted octanol–water partition coefficient (Wildman–Crippen LogP) is 3.41. The fourth-order valence-corrected chi connectivity index (χ4v) is 3.63. The van der Waals surface area contributed by atoms with Gasteiger partial charge in [0.15, 0.2) is 0 Å². The first-order chi connectivity index (χ1) is 13.6. The van der Waals surface area contributed by atoms with Crippen molar-refractivity contribution in [2.75, 3.05) is 25.0 Å². The van der Waals surface area contributed by atoms with E-state index in [1.807, 2.05) is 29.2 Å². The Morgan fingerprint density at radius 3 is 2.71 bits per heavy atom. The van der Waals surface area contributed by atoms with Crippen molar-refractivity contribution in [3.8, 4) is 0 Å². The minimum Gasteiger partial charge on any atom is -0.335 e. The lowest BCUT2D eigenvalue weighted by Gasteiger charge is -2.36. The lowest BCUT2D eigenvalue weighted by Crippen LogP contribution is -2.48. The molecule has 1 atom stereocenters. The minimum absolute atomic E-state index is 0.0577. The Labute approximate surface area is 169 Å². The molecule has 4 rings (SSSR count). The van der Waals surface area contributed by atoms with Crippen molar-refractivity contribution in [3.05, 3.63) is 64.7 Å². The number of benzene rings is 2. The van der Waals surface area contributed by atoms with Crippen molar-refractivity contribution >= 4 is 29.2 Å². The smallest absolute Gasteiger partial charge is 0.319 e. The molecule has 0 spiro atoms. The zero-order valence-corrected chi connectivity index (χ0v) is 16.2. The van der Waals surface area contributed by atoms with Crippen LogP contribution in [0.4, 0.5) is 10.5 Å². The van der Waals surface area contributed by atoms with Crippen LogP contribution in [-0.2, 0) is 0 Å². The molecule has 3 N–H and O–H groups in total. The number of hydrogen-bond donors (Lipinski definition) is 3. The largest absolute Gasteiger partial charge is 0.335 e. The standard InChI is InChI=1S/C21H23ClN4O2/c22-16-5-1-3-14(11-16)19-13-23-9-10-26(19)20(27)15-4-2-6-18(12-15)25-21(28)24-17-7-8-17/h1-6,11-12,17,19,23H,7-10,13H2,(H2,24,25,28). The molecule has 1 heterocycles. The first kappa shape index (κ1) is 18.8. The Morgan fingerprint density at radius 1 is 1.11 bits per heavy atom. The first-order valence-electron chi connectivity index (χ1n) is 9.55. The molecule has 2 aromatic rings. The maximum atomic E-state index is 13.2. The van der Waals surface area contributed by atoms with Gasteiger partial charge in [-0.05, 0) is 48.7 Å². The van der Waals surface area contributed by atoms with Gasteiger partial charge < -0.3 is 20.9 Å². The maximum absolute atomic E-state index is 13.2. The van der Waals surface area contributed by atoms with Crippen LogP contribution >= 0.6 is 11.6 Å². The van der Waals surface area contributed by atoms with Gasteiger partial charge in [0.1, 0.15) is 0 Å². The van der Waals surface area contributed by atoms with E-state index in [4.69, 9.17) is 11.6 Å². The Morgan fingerprint density at radius 2 is 1.93 bits per heavy atom. The van der Waals surface area contributed by atoms with Crippen molar-refractivity contribution in [2.24, 2.45) is 0 Å². The number of halogens is 1. The predicted molar refractivity (Wildman–Crippen MR) is 110 cm³/mol. The molecule has 1 aliphatic carbocycles. The SMILES string of the molecule is O=C(Nc1cccc(C(=O)N2CCNCC2c2cccc(Cl)c2)c1)NC1CC1. The Kier molecular flexibility index (Phi) is 5.50. The summed E-state index contributed by atoms with van der Waals surface area (Å²) in [5.74, 6) is -0.0577. The van der Waals surface area contributed by atoms with Crippen LogP contribution in [0.3, 0.4) is 0 Å². The summed E-state index contributed by atoms with van der Waals surface area (Å²) in [6.45, 7) is 2.02. The zero-order chi connectivity index (χ0) is 19.5. The summed E-state index contributed by atoms with van der Waals surface area (Å²) in [5.41, 5.74) is 2.17. The summed E-state index contributed by atoms with van der Waals surface area (Å²) in [6.07, 6.45) is 2.06. The third-order valence-electron chi connectivity index (χ3n) is 5.02. The molecule has 0 radical (unpaired) electrons. The molecule has 6 nitrogen and oxygen atoms in total. The molecule has 2 aliphatic rings. The molecular formula is C21H23ClN4O2. The van der Waals surface area contributed by atoms with Crippen LogP contribution in [0.1, 0.15) is 34.8 Å². The number of nitrogens with zero attached hydrogens (tertiary/aromatic N) is 1. The normalized spacial score (nSPS) is 19.2. The van der Waals surface area contributed by atoms with Gasteiger partial charge in [-0.2, -0.15) is 0 Å². The number of amides is 3. The molecule has 0 aromatic heterocycles. The quantitative estimate of drug-likeness (QED) is 0.738. The Hall–Kier alpha value is -2.57. The van der Waals surface area contributed by atoms with Gasteiger partial charge in [-0.25, -0.2) is 4.79 Å². The molecule has 28 heavy (non-hydrogen) atoms. The molecule has 1 saturated carbocycles. The average Bonchev–Trinajstić information content (AvgIpc) is 3.51. The van der Waals surface area contributed by atoms with Crippen molar-refractivity contribution in [1.29, 1.82) is 0 Å². The van der Waals surface area contributed by atoms with Crippen LogP contribution in [-0.4, -0.2) is 42.5 Å². The van der Waals surface area contributed by atoms with Crippen molar-refractivity contribution in [2.45, 2.75) is 24.9 Å². The van der Waals surface area contributed by atoms with Gasteiger partial charge in [-0.1, -0.05) is 29.8 Å². The number of anilines is 1. The number of rotatable bonds is 4. The monoisotopic (exact) mass is 398 g/mol. The molecule has 1 aliphatic heterocycles. The Bertz CT molecular complexity index is 884. The van der Waals surface area contributed by atoms with E-state index in [0.717, 1.165) is 24.9 Å². The second kappa shape index (κ2) is 8.20. The molecule has 3 amide bonds. The molecule has 1 saturated heterocycles. The van der Waals surface area contributed by atoms with E-state index in [2.05, 4.69) is 16.0 Å². The van der Waals surface area contributed by atoms with E-state index < -0.39 is 0 Å². The van der Waals surface area contributed by atoms with Crippen LogP contribution in [0.5, 0.6) is 0 Å². The average molecular weight is 399 g/mol. The number of carbonyl (C=O) groups is 2. The van der Waals surface area contributed by atoms with E-state index in [1.54, 1.807) is 24.3 Å². The first-order valence-corrected chi connectivity index (χ1v) is 9.93. The highest BCUT2D eigenvalue weighted by Gasteiger charge is 2.29. The van der Waals surface area contributed by atoms with Gasteiger partial charge >= 0.3 is 6.03 Å². The summed E-state index contributed by atoms with van der Waals surface area (Å²) in [6, 6.07) is 14.7. The second-order valence-corrected chi connectivity index (χ2v) is 7.66. The molecule has 0 bridgehead atoms. The van der Waals surface area contributed by atoms with Crippen LogP contribution in [0.25, 0.3) is 0 Å². The minimum atomic E-state index is -0.230. The van der Waals surface area contributed by atoms with E-state index in [1.165, 1.54) is 0 Å². The summed E-state index contributed by atoms with van der Waals surface area (Å²) < 4.78 is 0. The summed E-state index contributed by atoms with van der Waals surface area (Å²) in [7, 11) is 0. The third-order valence-corrected chi connectivity index (χ3v) is 5.25. The van der Waals surface area contributed by atoms with E-state index in [-0.39, 0.29) is 24.0 Å². The molecule has 1 unspecified atom stereocenters. The molecule has 2 fully saturated rings. The molecular weight excluding hydrogens is 376 g/mol. The van der Waals surface area contributed by atoms with Crippen LogP contribution in [0.15, 0.2) is 48.5 Å². The van der Waals surface area contributed by atoms with Gasteiger partial charge in [0.25, 0.3) is 5.91 Å². The fraction of sp³-hybridized carbons (Fsp3) is 0.333. The number of piperazine rings is 1. The number of hydrogen-bond acceptors (Lipinski definition) is 3. The molecule has 7 heteroatoms. The summed E-state index contributed by atoms with van der Waals surface area (Å²) in [5, 5.41) is 9.70. The van der Waals surface area contributed by atoms with Crippen molar-refractivity contribution in [3.63, 3.8) is 0 Å². The van der Waals surface area contributed by atoms with Gasteiger partial charge in [-0.15, -0.1) is 0 Å². The fourth-order valence-electron chi connectivity index (χ4n) is 3.44. The van der Waals surface area contributed by atoms with Gasteiger partial charge in [0.05, 0.1) is 6.04 Å². The zero-order valence-electron chi connectivity index (χ0n) is 15.5. The lowest BCUT2D eigenvalue weighted by atomic mass is 10.0. The lowest BCUT2D eigenvalue weighted by molar-refractivity contribution is 0.0634. The van der Waals surface area contributed by atoms with Crippen LogP contribution in [0.2, 0.25) is 5.02 Å². The number of carbonyl (C=O) groups excluding carboxylic acids is 2. The maximum Gasteiger partial charge on any atom is 0.319 e. The van der Waals surface area contributed by atoms with Crippen molar-refractivity contribution in [1.82, 2.24) is 15.5 Å². The molecule has 146 valence electrons. The highest BCUT2D eigenvalue weighted by Crippen LogP contribution is 2.27. The number of urea groups is 1. The number of nitrogens with one attached hydrogen (secondary N) is 3. The van der Waals surface area contributed by atoms with Gasteiger partial charge in [-0.3, -0.25) is 4.79 Å². The van der Waals surface area contributed by atoms with Crippen LogP contribution < -0.4 is 16.0 Å². The van der Waals surface area contributed by atoms with Gasteiger partial charge in [0, 0.05) is 41.9 Å².